The molecule has 0 bridgehead atoms. The molecular weight excluding hydrogens is 144 g/mol. The van der Waals surface area contributed by atoms with Crippen molar-refractivity contribution in [3.8, 4) is 0 Å². The molecule has 0 saturated carbocycles. The first kappa shape index (κ1) is 9.76. The molecule has 0 aromatic carbocycles. The summed E-state index contributed by atoms with van der Waals surface area (Å²) in [5, 5.41) is 0. The Bertz CT molecular complexity index is 113. The molecule has 0 unspecified atom stereocenters. The van der Waals surface area contributed by atoms with Crippen LogP contribution in [0.1, 0.15) is 20.3 Å². The average molecular weight is 158 g/mol. The molecule has 0 aromatic heterocycles. The van der Waals surface area contributed by atoms with E-state index in [1.54, 1.807) is 18.7 Å². The second-order valence-electron chi connectivity index (χ2n) is 2.46. The van der Waals surface area contributed by atoms with Gasteiger partial charge in [0.25, 0.3) is 0 Å². The first-order valence-electron chi connectivity index (χ1n) is 3.34. The lowest BCUT2D eigenvalue weighted by molar-refractivity contribution is -0.116. The van der Waals surface area contributed by atoms with Crippen molar-refractivity contribution < 1.29 is 4.79 Å². The third-order valence-electron chi connectivity index (χ3n) is 0.947. The molecule has 0 saturated heterocycles. The molecule has 0 aliphatic heterocycles. The van der Waals surface area contributed by atoms with Crippen molar-refractivity contribution >= 4 is 17.5 Å². The van der Waals surface area contributed by atoms with Gasteiger partial charge in [-0.05, 0) is 13.8 Å². The van der Waals surface area contributed by atoms with Gasteiger partial charge in [0.15, 0.2) is 0 Å². The van der Waals surface area contributed by atoms with Gasteiger partial charge in [0.2, 0.25) is 0 Å². The first-order valence-corrected chi connectivity index (χ1v) is 4.50. The molecule has 10 heavy (non-hydrogen) atoms. The van der Waals surface area contributed by atoms with Crippen molar-refractivity contribution in [3.63, 3.8) is 0 Å². The molecule has 0 aromatic rings. The van der Waals surface area contributed by atoms with E-state index in [-0.39, 0.29) is 5.78 Å². The lowest BCUT2D eigenvalue weighted by Crippen LogP contribution is -1.92. The van der Waals surface area contributed by atoms with Gasteiger partial charge in [-0.3, -0.25) is 4.79 Å². The minimum absolute atomic E-state index is 0.272. The quantitative estimate of drug-likeness (QED) is 0.451. The summed E-state index contributed by atoms with van der Waals surface area (Å²) in [5.41, 5.74) is 1.17. The van der Waals surface area contributed by atoms with Crippen LogP contribution in [-0.2, 0) is 4.79 Å². The fraction of sp³-hybridized carbons (Fsp3) is 0.625. The molecule has 0 atom stereocenters. The molecule has 0 radical (unpaired) electrons. The fourth-order valence-electron chi connectivity index (χ4n) is 0.462. The molecule has 0 amide bonds. The number of hydrogen-bond acceptors (Lipinski definition) is 2. The molecular formula is C8H14OS. The summed E-state index contributed by atoms with van der Waals surface area (Å²) < 4.78 is 0. The first-order chi connectivity index (χ1) is 4.63. The molecule has 1 nitrogen and oxygen atoms in total. The molecule has 0 spiro atoms. The van der Waals surface area contributed by atoms with Crippen LogP contribution in [0.15, 0.2) is 12.2 Å². The fourth-order valence-corrected chi connectivity index (χ4v) is 1.39. The third kappa shape index (κ3) is 7.76. The zero-order chi connectivity index (χ0) is 7.98. The Morgan fingerprint density at radius 3 is 2.50 bits per heavy atom. The number of Topliss-reactive ketones (excluding diaryl/α,β-unsaturated/α-hetero) is 1. The Hall–Kier alpha value is -0.240. The summed E-state index contributed by atoms with van der Waals surface area (Å²) in [5.74, 6) is 2.18. The largest absolute Gasteiger partial charge is 0.300 e. The Morgan fingerprint density at radius 2 is 2.10 bits per heavy atom. The van der Waals surface area contributed by atoms with Crippen LogP contribution in [0, 0.1) is 0 Å². The second kappa shape index (κ2) is 5.54. The van der Waals surface area contributed by atoms with Crippen LogP contribution < -0.4 is 0 Å². The maximum atomic E-state index is 10.5. The highest BCUT2D eigenvalue weighted by molar-refractivity contribution is 7.99. The van der Waals surface area contributed by atoms with Crippen molar-refractivity contribution in [2.24, 2.45) is 0 Å². The Morgan fingerprint density at radius 1 is 1.50 bits per heavy atom. The van der Waals surface area contributed by atoms with Crippen LogP contribution in [-0.4, -0.2) is 17.3 Å². The van der Waals surface area contributed by atoms with Gasteiger partial charge in [-0.25, -0.2) is 0 Å². The molecule has 2 heteroatoms. The monoisotopic (exact) mass is 158 g/mol. The number of hydrogen-bond donors (Lipinski definition) is 0. The van der Waals surface area contributed by atoms with Gasteiger partial charge < -0.3 is 0 Å². The number of thioether (sulfide) groups is 1. The van der Waals surface area contributed by atoms with E-state index >= 15 is 0 Å². The van der Waals surface area contributed by atoms with Crippen molar-refractivity contribution in [3.05, 3.63) is 12.2 Å². The highest BCUT2D eigenvalue weighted by Crippen LogP contribution is 2.06. The van der Waals surface area contributed by atoms with Crippen LogP contribution in [0.5, 0.6) is 0 Å². The normalized spacial score (nSPS) is 9.40. The number of carbonyl (C=O) groups excluding carboxylic acids is 1. The Kier molecular flexibility index (Phi) is 5.40. The molecule has 0 rings (SSSR count). The van der Waals surface area contributed by atoms with Crippen molar-refractivity contribution in [2.45, 2.75) is 20.3 Å². The predicted octanol–water partition coefficient (Wildman–Crippen LogP) is 2.27. The van der Waals surface area contributed by atoms with E-state index in [1.165, 1.54) is 5.57 Å². The molecule has 0 N–H and O–H groups in total. The predicted molar refractivity (Wildman–Crippen MR) is 47.4 cm³/mol. The number of ketones is 1. The highest BCUT2D eigenvalue weighted by Gasteiger charge is 1.92. The molecule has 0 heterocycles. The smallest absolute Gasteiger partial charge is 0.130 e. The van der Waals surface area contributed by atoms with Crippen LogP contribution in [0.4, 0.5) is 0 Å². The SMILES string of the molecule is C=C(C)CSCCC(C)=O. The topological polar surface area (TPSA) is 17.1 Å². The standard InChI is InChI=1S/C8H14OS/c1-7(2)6-10-5-4-8(3)9/h1,4-6H2,2-3H3. The summed E-state index contributed by atoms with van der Waals surface area (Å²) >= 11 is 1.77. The lowest BCUT2D eigenvalue weighted by Gasteiger charge is -1.97. The zero-order valence-electron chi connectivity index (χ0n) is 6.64. The summed E-state index contributed by atoms with van der Waals surface area (Å²) in [6.07, 6.45) is 0.692. The molecule has 58 valence electrons. The van der Waals surface area contributed by atoms with E-state index < -0.39 is 0 Å². The molecule has 0 fully saturated rings. The summed E-state index contributed by atoms with van der Waals surface area (Å²) in [6, 6.07) is 0. The van der Waals surface area contributed by atoms with E-state index in [4.69, 9.17) is 0 Å². The highest BCUT2D eigenvalue weighted by atomic mass is 32.2. The Balaban J connectivity index is 3.06. The molecule has 0 aliphatic carbocycles. The van der Waals surface area contributed by atoms with Crippen LogP contribution in [0.2, 0.25) is 0 Å². The molecule has 0 aliphatic rings. The van der Waals surface area contributed by atoms with Crippen LogP contribution in [0.25, 0.3) is 0 Å². The van der Waals surface area contributed by atoms with E-state index in [2.05, 4.69) is 6.58 Å². The maximum Gasteiger partial charge on any atom is 0.130 e. The average Bonchev–Trinajstić information content (AvgIpc) is 1.79. The van der Waals surface area contributed by atoms with Crippen molar-refractivity contribution in [1.82, 2.24) is 0 Å². The zero-order valence-corrected chi connectivity index (χ0v) is 7.46. The Labute approximate surface area is 66.9 Å². The van der Waals surface area contributed by atoms with E-state index in [0.29, 0.717) is 6.42 Å². The van der Waals surface area contributed by atoms with Crippen molar-refractivity contribution in [1.29, 1.82) is 0 Å². The summed E-state index contributed by atoms with van der Waals surface area (Å²) in [6.45, 7) is 7.39. The van der Waals surface area contributed by atoms with E-state index in [0.717, 1.165) is 11.5 Å². The van der Waals surface area contributed by atoms with Gasteiger partial charge in [-0.1, -0.05) is 12.2 Å². The second-order valence-corrected chi connectivity index (χ2v) is 3.57. The van der Waals surface area contributed by atoms with Gasteiger partial charge >= 0.3 is 0 Å². The van der Waals surface area contributed by atoms with Gasteiger partial charge in [-0.2, -0.15) is 11.8 Å². The van der Waals surface area contributed by atoms with Gasteiger partial charge in [-0.15, -0.1) is 0 Å². The van der Waals surface area contributed by atoms with Gasteiger partial charge in [0.05, 0.1) is 0 Å². The van der Waals surface area contributed by atoms with E-state index in [1.807, 2.05) is 6.92 Å². The van der Waals surface area contributed by atoms with Gasteiger partial charge in [0, 0.05) is 17.9 Å². The minimum Gasteiger partial charge on any atom is -0.300 e. The minimum atomic E-state index is 0.272. The van der Waals surface area contributed by atoms with Gasteiger partial charge in [0.1, 0.15) is 5.78 Å². The van der Waals surface area contributed by atoms with Crippen LogP contribution in [0.3, 0.4) is 0 Å². The number of carbonyl (C=O) groups is 1. The van der Waals surface area contributed by atoms with Crippen LogP contribution >= 0.6 is 11.8 Å². The third-order valence-corrected chi connectivity index (χ3v) is 2.14. The lowest BCUT2D eigenvalue weighted by atomic mass is 10.4. The van der Waals surface area contributed by atoms with E-state index in [9.17, 15) is 4.79 Å². The van der Waals surface area contributed by atoms with Crippen molar-refractivity contribution in [2.75, 3.05) is 11.5 Å². The summed E-state index contributed by atoms with van der Waals surface area (Å²) in [4.78, 5) is 10.5. The number of rotatable bonds is 5. The maximum absolute atomic E-state index is 10.5. The summed E-state index contributed by atoms with van der Waals surface area (Å²) in [7, 11) is 0.